The number of hydrogen-bond acceptors (Lipinski definition) is 3. The van der Waals surface area contributed by atoms with Crippen molar-refractivity contribution in [3.05, 3.63) is 0 Å². The SMILES string of the molecule is CCCCCCOC(=O)C(C)(S)CC. The molecule has 0 saturated heterocycles. The van der Waals surface area contributed by atoms with Crippen LogP contribution in [-0.2, 0) is 9.53 Å². The van der Waals surface area contributed by atoms with Crippen LogP contribution in [0.15, 0.2) is 0 Å². The molecule has 0 aromatic heterocycles. The van der Waals surface area contributed by atoms with Crippen LogP contribution in [0.1, 0.15) is 52.9 Å². The Labute approximate surface area is 92.8 Å². The highest BCUT2D eigenvalue weighted by atomic mass is 32.1. The summed E-state index contributed by atoms with van der Waals surface area (Å²) in [5.41, 5.74) is 0. The summed E-state index contributed by atoms with van der Waals surface area (Å²) in [4.78, 5) is 11.4. The lowest BCUT2D eigenvalue weighted by molar-refractivity contribution is -0.146. The minimum absolute atomic E-state index is 0.195. The van der Waals surface area contributed by atoms with E-state index in [2.05, 4.69) is 19.6 Å². The van der Waals surface area contributed by atoms with Gasteiger partial charge in [-0.25, -0.2) is 0 Å². The summed E-state index contributed by atoms with van der Waals surface area (Å²) in [6.45, 7) is 6.43. The van der Waals surface area contributed by atoms with Crippen molar-refractivity contribution >= 4 is 18.6 Å². The average Bonchev–Trinajstić information content (AvgIpc) is 2.17. The molecule has 14 heavy (non-hydrogen) atoms. The number of carbonyl (C=O) groups excluding carboxylic acids is 1. The Balaban J connectivity index is 3.54. The number of unbranched alkanes of at least 4 members (excludes halogenated alkanes) is 3. The second kappa shape index (κ2) is 7.16. The van der Waals surface area contributed by atoms with Crippen molar-refractivity contribution in [1.82, 2.24) is 0 Å². The third kappa shape index (κ3) is 5.53. The molecular weight excluding hydrogens is 196 g/mol. The monoisotopic (exact) mass is 218 g/mol. The fourth-order valence-corrected chi connectivity index (χ4v) is 1.06. The van der Waals surface area contributed by atoms with Crippen LogP contribution < -0.4 is 0 Å². The number of rotatable bonds is 7. The van der Waals surface area contributed by atoms with E-state index in [1.165, 1.54) is 12.8 Å². The summed E-state index contributed by atoms with van der Waals surface area (Å²) in [6, 6.07) is 0. The normalized spacial score (nSPS) is 14.9. The maximum atomic E-state index is 11.4. The highest BCUT2D eigenvalue weighted by Gasteiger charge is 2.27. The Morgan fingerprint density at radius 1 is 1.29 bits per heavy atom. The number of thiol groups is 1. The van der Waals surface area contributed by atoms with Crippen molar-refractivity contribution < 1.29 is 9.53 Å². The molecule has 0 rings (SSSR count). The van der Waals surface area contributed by atoms with Gasteiger partial charge in [-0.15, -0.1) is 0 Å². The predicted molar refractivity (Wildman–Crippen MR) is 62.8 cm³/mol. The molecule has 0 amide bonds. The van der Waals surface area contributed by atoms with Crippen molar-refractivity contribution in [1.29, 1.82) is 0 Å². The molecule has 0 aromatic rings. The fraction of sp³-hybridized carbons (Fsp3) is 0.909. The molecule has 1 atom stereocenters. The summed E-state index contributed by atoms with van der Waals surface area (Å²) >= 11 is 4.25. The molecular formula is C11H22O2S. The lowest BCUT2D eigenvalue weighted by atomic mass is 10.1. The van der Waals surface area contributed by atoms with Crippen LogP contribution in [0, 0.1) is 0 Å². The largest absolute Gasteiger partial charge is 0.465 e. The first kappa shape index (κ1) is 13.8. The van der Waals surface area contributed by atoms with Crippen molar-refractivity contribution in [2.24, 2.45) is 0 Å². The van der Waals surface area contributed by atoms with E-state index in [9.17, 15) is 4.79 Å². The molecule has 1 unspecified atom stereocenters. The first-order chi connectivity index (χ1) is 6.54. The molecule has 0 aliphatic carbocycles. The van der Waals surface area contributed by atoms with Gasteiger partial charge in [0, 0.05) is 0 Å². The van der Waals surface area contributed by atoms with E-state index in [4.69, 9.17) is 4.74 Å². The summed E-state index contributed by atoms with van der Waals surface area (Å²) in [6.07, 6.45) is 5.22. The van der Waals surface area contributed by atoms with Crippen LogP contribution in [0.3, 0.4) is 0 Å². The Morgan fingerprint density at radius 3 is 2.43 bits per heavy atom. The molecule has 0 N–H and O–H groups in total. The smallest absolute Gasteiger partial charge is 0.321 e. The quantitative estimate of drug-likeness (QED) is 0.403. The molecule has 0 aromatic carbocycles. The van der Waals surface area contributed by atoms with Crippen molar-refractivity contribution in [2.45, 2.75) is 57.6 Å². The molecule has 0 spiro atoms. The van der Waals surface area contributed by atoms with Crippen LogP contribution in [-0.4, -0.2) is 17.3 Å². The van der Waals surface area contributed by atoms with E-state index in [0.717, 1.165) is 12.8 Å². The van der Waals surface area contributed by atoms with Crippen LogP contribution in [0.4, 0.5) is 0 Å². The van der Waals surface area contributed by atoms with E-state index in [1.54, 1.807) is 6.92 Å². The zero-order chi connectivity index (χ0) is 11.0. The minimum Gasteiger partial charge on any atom is -0.465 e. The number of carbonyl (C=O) groups is 1. The maximum absolute atomic E-state index is 11.4. The molecule has 0 saturated carbocycles. The number of hydrogen-bond donors (Lipinski definition) is 1. The maximum Gasteiger partial charge on any atom is 0.321 e. The van der Waals surface area contributed by atoms with Gasteiger partial charge in [0.05, 0.1) is 6.61 Å². The van der Waals surface area contributed by atoms with Crippen LogP contribution in [0.5, 0.6) is 0 Å². The molecule has 2 nitrogen and oxygen atoms in total. The molecule has 0 aliphatic heterocycles. The summed E-state index contributed by atoms with van der Waals surface area (Å²) in [7, 11) is 0. The number of ether oxygens (including phenoxy) is 1. The van der Waals surface area contributed by atoms with Gasteiger partial charge in [-0.05, 0) is 19.8 Å². The average molecular weight is 218 g/mol. The summed E-state index contributed by atoms with van der Waals surface area (Å²) in [5, 5.41) is 0. The molecule has 84 valence electrons. The molecule has 3 heteroatoms. The lowest BCUT2D eigenvalue weighted by Crippen LogP contribution is -2.30. The Kier molecular flexibility index (Phi) is 7.06. The fourth-order valence-electron chi connectivity index (χ4n) is 0.994. The zero-order valence-corrected chi connectivity index (χ0v) is 10.4. The lowest BCUT2D eigenvalue weighted by Gasteiger charge is -2.19. The zero-order valence-electron chi connectivity index (χ0n) is 9.51. The van der Waals surface area contributed by atoms with Crippen molar-refractivity contribution in [3.63, 3.8) is 0 Å². The van der Waals surface area contributed by atoms with Crippen molar-refractivity contribution in [2.75, 3.05) is 6.61 Å². The van der Waals surface area contributed by atoms with Crippen molar-refractivity contribution in [3.8, 4) is 0 Å². The van der Waals surface area contributed by atoms with E-state index in [1.807, 2.05) is 6.92 Å². The predicted octanol–water partition coefficient (Wildman–Crippen LogP) is 3.21. The highest BCUT2D eigenvalue weighted by Crippen LogP contribution is 2.19. The molecule has 0 heterocycles. The molecule has 0 fully saturated rings. The third-order valence-electron chi connectivity index (χ3n) is 2.36. The molecule has 0 aliphatic rings. The van der Waals surface area contributed by atoms with Gasteiger partial charge >= 0.3 is 5.97 Å². The molecule has 0 bridgehead atoms. The van der Waals surface area contributed by atoms with Crippen LogP contribution in [0.25, 0.3) is 0 Å². The van der Waals surface area contributed by atoms with Crippen LogP contribution >= 0.6 is 12.6 Å². The van der Waals surface area contributed by atoms with Gasteiger partial charge in [0.2, 0.25) is 0 Å². The van der Waals surface area contributed by atoms with Gasteiger partial charge in [-0.1, -0.05) is 33.1 Å². The Morgan fingerprint density at radius 2 is 1.93 bits per heavy atom. The van der Waals surface area contributed by atoms with E-state index in [0.29, 0.717) is 13.0 Å². The van der Waals surface area contributed by atoms with Gasteiger partial charge in [-0.3, -0.25) is 4.79 Å². The third-order valence-corrected chi connectivity index (χ3v) is 2.86. The summed E-state index contributed by atoms with van der Waals surface area (Å²) < 4.78 is 4.51. The van der Waals surface area contributed by atoms with E-state index in [-0.39, 0.29) is 5.97 Å². The van der Waals surface area contributed by atoms with Gasteiger partial charge in [-0.2, -0.15) is 12.6 Å². The second-order valence-electron chi connectivity index (χ2n) is 3.82. The van der Waals surface area contributed by atoms with E-state index < -0.39 is 4.75 Å². The standard InChI is InChI=1S/C11H22O2S/c1-4-6-7-8-9-13-10(12)11(3,14)5-2/h14H,4-9H2,1-3H3. The van der Waals surface area contributed by atoms with E-state index >= 15 is 0 Å². The Hall–Kier alpha value is -0.180. The van der Waals surface area contributed by atoms with Gasteiger partial charge in [0.15, 0.2) is 0 Å². The van der Waals surface area contributed by atoms with Gasteiger partial charge < -0.3 is 4.74 Å². The van der Waals surface area contributed by atoms with Gasteiger partial charge in [0.1, 0.15) is 4.75 Å². The van der Waals surface area contributed by atoms with Crippen LogP contribution in [0.2, 0.25) is 0 Å². The second-order valence-corrected chi connectivity index (χ2v) is 4.81. The first-order valence-electron chi connectivity index (χ1n) is 5.44. The Bertz CT molecular complexity index is 167. The van der Waals surface area contributed by atoms with Gasteiger partial charge in [0.25, 0.3) is 0 Å². The number of esters is 1. The minimum atomic E-state index is -0.620. The summed E-state index contributed by atoms with van der Waals surface area (Å²) in [5.74, 6) is -0.195. The molecule has 0 radical (unpaired) electrons. The highest BCUT2D eigenvalue weighted by molar-refractivity contribution is 7.82. The first-order valence-corrected chi connectivity index (χ1v) is 5.89. The topological polar surface area (TPSA) is 26.3 Å².